The molecule has 1 heterocycles. The van der Waals surface area contributed by atoms with Crippen LogP contribution in [0.15, 0.2) is 24.3 Å². The predicted molar refractivity (Wildman–Crippen MR) is 76.1 cm³/mol. The fourth-order valence-corrected chi connectivity index (χ4v) is 2.59. The lowest BCUT2D eigenvalue weighted by molar-refractivity contribution is 0.0600. The molecule has 1 aliphatic heterocycles. The maximum absolute atomic E-state index is 11.4. The van der Waals surface area contributed by atoms with E-state index in [1.54, 1.807) is 0 Å². The van der Waals surface area contributed by atoms with E-state index in [-0.39, 0.29) is 5.97 Å². The Hall–Kier alpha value is -1.35. The van der Waals surface area contributed by atoms with Gasteiger partial charge in [0.15, 0.2) is 0 Å². The van der Waals surface area contributed by atoms with Gasteiger partial charge in [-0.05, 0) is 43.6 Å². The maximum Gasteiger partial charge on any atom is 0.337 e. The molecule has 0 unspecified atom stereocenters. The third kappa shape index (κ3) is 4.35. The number of nitrogens with zero attached hydrogens (tertiary/aromatic N) is 1. The molecule has 104 valence electrons. The lowest BCUT2D eigenvalue weighted by Crippen LogP contribution is -2.26. The fraction of sp³-hybridized carbons (Fsp3) is 0.562. The Bertz CT molecular complexity index is 392. The lowest BCUT2D eigenvalue weighted by atomic mass is 10.1. The highest BCUT2D eigenvalue weighted by molar-refractivity contribution is 5.89. The number of rotatable bonds is 3. The van der Waals surface area contributed by atoms with Crippen LogP contribution in [0.2, 0.25) is 0 Å². The topological polar surface area (TPSA) is 29.5 Å². The minimum atomic E-state index is -0.266. The van der Waals surface area contributed by atoms with Crippen LogP contribution < -0.4 is 0 Å². The molecule has 0 saturated carbocycles. The van der Waals surface area contributed by atoms with Crippen LogP contribution in [0.5, 0.6) is 0 Å². The molecular weight excluding hydrogens is 238 g/mol. The number of benzene rings is 1. The SMILES string of the molecule is COC(=O)c1ccc(CN2CCCCCCC2)cc1. The summed E-state index contributed by atoms with van der Waals surface area (Å²) < 4.78 is 4.71. The van der Waals surface area contributed by atoms with Gasteiger partial charge in [-0.15, -0.1) is 0 Å². The van der Waals surface area contributed by atoms with Crippen LogP contribution in [0.1, 0.15) is 48.0 Å². The summed E-state index contributed by atoms with van der Waals surface area (Å²) in [5, 5.41) is 0. The second kappa shape index (κ2) is 7.29. The van der Waals surface area contributed by atoms with Gasteiger partial charge < -0.3 is 4.74 Å². The van der Waals surface area contributed by atoms with Crippen molar-refractivity contribution in [3.8, 4) is 0 Å². The first-order valence-electron chi connectivity index (χ1n) is 7.19. The zero-order chi connectivity index (χ0) is 13.5. The van der Waals surface area contributed by atoms with Crippen LogP contribution in [-0.2, 0) is 11.3 Å². The first-order valence-corrected chi connectivity index (χ1v) is 7.19. The maximum atomic E-state index is 11.4. The molecule has 0 atom stereocenters. The smallest absolute Gasteiger partial charge is 0.337 e. The van der Waals surface area contributed by atoms with Crippen molar-refractivity contribution in [1.29, 1.82) is 0 Å². The number of likely N-dealkylation sites (tertiary alicyclic amines) is 1. The van der Waals surface area contributed by atoms with E-state index in [1.165, 1.54) is 57.9 Å². The van der Waals surface area contributed by atoms with Crippen molar-refractivity contribution in [3.05, 3.63) is 35.4 Å². The van der Waals surface area contributed by atoms with Gasteiger partial charge in [-0.3, -0.25) is 4.90 Å². The molecule has 1 aromatic carbocycles. The molecule has 1 aromatic rings. The minimum Gasteiger partial charge on any atom is -0.465 e. The predicted octanol–water partition coefficient (Wildman–Crippen LogP) is 3.24. The Balaban J connectivity index is 1.92. The molecule has 19 heavy (non-hydrogen) atoms. The van der Waals surface area contributed by atoms with Crippen LogP contribution >= 0.6 is 0 Å². The van der Waals surface area contributed by atoms with Gasteiger partial charge >= 0.3 is 5.97 Å². The summed E-state index contributed by atoms with van der Waals surface area (Å²) in [5.74, 6) is -0.266. The number of esters is 1. The fourth-order valence-electron chi connectivity index (χ4n) is 2.59. The average Bonchev–Trinajstić information content (AvgIpc) is 2.41. The molecule has 2 rings (SSSR count). The Morgan fingerprint density at radius 3 is 2.21 bits per heavy atom. The molecule has 0 aliphatic carbocycles. The molecule has 0 aromatic heterocycles. The number of ether oxygens (including phenoxy) is 1. The van der Waals surface area contributed by atoms with Crippen molar-refractivity contribution in [2.45, 2.75) is 38.6 Å². The van der Waals surface area contributed by atoms with Crippen LogP contribution in [0.3, 0.4) is 0 Å². The van der Waals surface area contributed by atoms with E-state index < -0.39 is 0 Å². The number of carbonyl (C=O) groups excluding carboxylic acids is 1. The number of methoxy groups -OCH3 is 1. The highest BCUT2D eigenvalue weighted by atomic mass is 16.5. The summed E-state index contributed by atoms with van der Waals surface area (Å²) in [7, 11) is 1.41. The molecule has 0 bridgehead atoms. The van der Waals surface area contributed by atoms with Crippen molar-refractivity contribution < 1.29 is 9.53 Å². The summed E-state index contributed by atoms with van der Waals surface area (Å²) >= 11 is 0. The van der Waals surface area contributed by atoms with E-state index in [0.717, 1.165) is 6.54 Å². The second-order valence-corrected chi connectivity index (χ2v) is 5.23. The zero-order valence-electron chi connectivity index (χ0n) is 11.7. The first kappa shape index (κ1) is 14.1. The van der Waals surface area contributed by atoms with E-state index >= 15 is 0 Å². The summed E-state index contributed by atoms with van der Waals surface area (Å²) in [6.45, 7) is 3.37. The van der Waals surface area contributed by atoms with Gasteiger partial charge in [0.25, 0.3) is 0 Å². The van der Waals surface area contributed by atoms with Crippen molar-refractivity contribution in [2.24, 2.45) is 0 Å². The van der Waals surface area contributed by atoms with Gasteiger partial charge in [-0.1, -0.05) is 31.4 Å². The Labute approximate surface area is 115 Å². The zero-order valence-corrected chi connectivity index (χ0v) is 11.7. The molecule has 3 nitrogen and oxygen atoms in total. The third-order valence-corrected chi connectivity index (χ3v) is 3.73. The third-order valence-electron chi connectivity index (χ3n) is 3.73. The summed E-state index contributed by atoms with van der Waals surface area (Å²) in [6.07, 6.45) is 6.72. The second-order valence-electron chi connectivity index (χ2n) is 5.23. The number of carbonyl (C=O) groups is 1. The van der Waals surface area contributed by atoms with Crippen LogP contribution in [0.25, 0.3) is 0 Å². The lowest BCUT2D eigenvalue weighted by Gasteiger charge is -2.24. The molecule has 0 N–H and O–H groups in total. The van der Waals surface area contributed by atoms with Crippen molar-refractivity contribution in [2.75, 3.05) is 20.2 Å². The molecular formula is C16H23NO2. The van der Waals surface area contributed by atoms with Crippen LogP contribution in [-0.4, -0.2) is 31.1 Å². The Morgan fingerprint density at radius 1 is 1.05 bits per heavy atom. The van der Waals surface area contributed by atoms with Gasteiger partial charge in [-0.25, -0.2) is 4.79 Å². The van der Waals surface area contributed by atoms with Crippen LogP contribution in [0, 0.1) is 0 Å². The highest BCUT2D eigenvalue weighted by Gasteiger charge is 2.09. The quantitative estimate of drug-likeness (QED) is 0.782. The van der Waals surface area contributed by atoms with Gasteiger partial charge in [-0.2, -0.15) is 0 Å². The molecule has 1 saturated heterocycles. The summed E-state index contributed by atoms with van der Waals surface area (Å²) in [6, 6.07) is 7.77. The van der Waals surface area contributed by atoms with Gasteiger partial charge in [0.2, 0.25) is 0 Å². The van der Waals surface area contributed by atoms with Crippen molar-refractivity contribution in [1.82, 2.24) is 4.90 Å². The first-order chi connectivity index (χ1) is 9.29. The molecule has 1 aliphatic rings. The summed E-state index contributed by atoms with van der Waals surface area (Å²) in [4.78, 5) is 13.9. The van der Waals surface area contributed by atoms with Crippen molar-refractivity contribution in [3.63, 3.8) is 0 Å². The standard InChI is InChI=1S/C16H23NO2/c1-19-16(18)15-9-7-14(8-10-15)13-17-11-5-3-2-4-6-12-17/h7-10H,2-6,11-13H2,1H3. The Morgan fingerprint density at radius 2 is 1.63 bits per heavy atom. The molecule has 0 spiro atoms. The van der Waals surface area contributed by atoms with E-state index in [1.807, 2.05) is 24.3 Å². The molecule has 1 fully saturated rings. The number of hydrogen-bond acceptors (Lipinski definition) is 3. The average molecular weight is 261 g/mol. The largest absolute Gasteiger partial charge is 0.465 e. The van der Waals surface area contributed by atoms with Crippen molar-refractivity contribution >= 4 is 5.97 Å². The number of hydrogen-bond donors (Lipinski definition) is 0. The van der Waals surface area contributed by atoms with Crippen LogP contribution in [0.4, 0.5) is 0 Å². The molecule has 3 heteroatoms. The highest BCUT2D eigenvalue weighted by Crippen LogP contribution is 2.14. The van der Waals surface area contributed by atoms with Gasteiger partial charge in [0.1, 0.15) is 0 Å². The van der Waals surface area contributed by atoms with Gasteiger partial charge in [0.05, 0.1) is 12.7 Å². The van der Waals surface area contributed by atoms with E-state index in [2.05, 4.69) is 4.90 Å². The normalized spacial score (nSPS) is 17.5. The van der Waals surface area contributed by atoms with Gasteiger partial charge in [0, 0.05) is 6.54 Å². The van der Waals surface area contributed by atoms with E-state index in [0.29, 0.717) is 5.56 Å². The van der Waals surface area contributed by atoms with E-state index in [9.17, 15) is 4.79 Å². The minimum absolute atomic E-state index is 0.266. The Kier molecular flexibility index (Phi) is 5.40. The molecule has 0 radical (unpaired) electrons. The summed E-state index contributed by atoms with van der Waals surface area (Å²) in [5.41, 5.74) is 1.90. The van der Waals surface area contributed by atoms with E-state index in [4.69, 9.17) is 4.74 Å². The molecule has 0 amide bonds. The monoisotopic (exact) mass is 261 g/mol.